The molecule has 1 aromatic rings. The number of rotatable bonds is 6. The van der Waals surface area contributed by atoms with Crippen molar-refractivity contribution in [3.05, 3.63) is 36.0 Å². The lowest BCUT2D eigenvalue weighted by Gasteiger charge is -2.27. The Balaban J connectivity index is 2.40. The van der Waals surface area contributed by atoms with E-state index in [1.54, 1.807) is 12.1 Å². The quantitative estimate of drug-likeness (QED) is 0.587. The van der Waals surface area contributed by atoms with E-state index in [1.807, 2.05) is 0 Å². The summed E-state index contributed by atoms with van der Waals surface area (Å²) < 4.78 is 36.5. The van der Waals surface area contributed by atoms with Crippen molar-refractivity contribution < 1.29 is 27.5 Å². The number of esters is 2. The highest BCUT2D eigenvalue weighted by Gasteiger charge is 2.28. The number of nitrogens with one attached hydrogen (secondary N) is 1. The number of anilines is 1. The van der Waals surface area contributed by atoms with Crippen LogP contribution in [0.2, 0.25) is 0 Å². The van der Waals surface area contributed by atoms with Crippen LogP contribution >= 0.6 is 0 Å². The minimum atomic E-state index is -3.73. The Hall–Kier alpha value is -2.39. The minimum Gasteiger partial charge on any atom is -0.466 e. The van der Waals surface area contributed by atoms with E-state index < -0.39 is 22.0 Å². The van der Waals surface area contributed by atoms with Crippen LogP contribution in [0.15, 0.2) is 40.9 Å². The molecule has 0 aliphatic carbocycles. The molecule has 0 unspecified atom stereocenters. The summed E-state index contributed by atoms with van der Waals surface area (Å²) in [4.78, 5) is 23.4. The van der Waals surface area contributed by atoms with Crippen molar-refractivity contribution in [3.8, 4) is 0 Å². The van der Waals surface area contributed by atoms with Crippen LogP contribution < -0.4 is 5.32 Å². The molecular formula is C17H22N2O6S. The highest BCUT2D eigenvalue weighted by Crippen LogP contribution is 2.27. The number of piperidine rings is 1. The van der Waals surface area contributed by atoms with Crippen molar-refractivity contribution >= 4 is 27.6 Å². The summed E-state index contributed by atoms with van der Waals surface area (Å²) in [6.45, 7) is 0.914. The predicted molar refractivity (Wildman–Crippen MR) is 94.8 cm³/mol. The van der Waals surface area contributed by atoms with Crippen molar-refractivity contribution in [1.29, 1.82) is 0 Å². The van der Waals surface area contributed by atoms with Crippen LogP contribution in [-0.4, -0.2) is 52.0 Å². The molecule has 0 spiro atoms. The SMILES string of the molecule is COC(=O)/C=C(/Nc1ccccc1S(=O)(=O)N1CCCCC1)C(=O)OC. The Morgan fingerprint density at radius 2 is 1.73 bits per heavy atom. The first-order valence-corrected chi connectivity index (χ1v) is 9.58. The zero-order chi connectivity index (χ0) is 19.2. The molecule has 0 radical (unpaired) electrons. The van der Waals surface area contributed by atoms with Gasteiger partial charge in [0.15, 0.2) is 0 Å². The normalized spacial score (nSPS) is 16.0. The zero-order valence-electron chi connectivity index (χ0n) is 14.7. The molecule has 8 nitrogen and oxygen atoms in total. The van der Waals surface area contributed by atoms with Gasteiger partial charge >= 0.3 is 11.9 Å². The second kappa shape index (κ2) is 8.81. The standard InChI is InChI=1S/C17H22N2O6S/c1-24-16(20)12-14(17(21)25-2)18-13-8-4-5-9-15(13)26(22,23)19-10-6-3-7-11-19/h4-5,8-9,12,18H,3,6-7,10-11H2,1-2H3/b14-12+. The van der Waals surface area contributed by atoms with Gasteiger partial charge in [0.05, 0.1) is 26.0 Å². The summed E-state index contributed by atoms with van der Waals surface area (Å²) in [7, 11) is -1.40. The Morgan fingerprint density at radius 1 is 1.08 bits per heavy atom. The molecule has 1 aliphatic rings. The van der Waals surface area contributed by atoms with Gasteiger partial charge in [0.25, 0.3) is 0 Å². The van der Waals surface area contributed by atoms with E-state index >= 15 is 0 Å². The van der Waals surface area contributed by atoms with Gasteiger partial charge in [0, 0.05) is 13.1 Å². The fourth-order valence-corrected chi connectivity index (χ4v) is 4.28. The van der Waals surface area contributed by atoms with Gasteiger partial charge in [0.2, 0.25) is 10.0 Å². The van der Waals surface area contributed by atoms with Crippen LogP contribution in [0, 0.1) is 0 Å². The second-order valence-electron chi connectivity index (χ2n) is 5.66. The van der Waals surface area contributed by atoms with Crippen molar-refractivity contribution in [3.63, 3.8) is 0 Å². The van der Waals surface area contributed by atoms with Gasteiger partial charge in [-0.25, -0.2) is 18.0 Å². The largest absolute Gasteiger partial charge is 0.466 e. The van der Waals surface area contributed by atoms with Gasteiger partial charge in [-0.2, -0.15) is 4.31 Å². The van der Waals surface area contributed by atoms with Crippen LogP contribution in [0.3, 0.4) is 0 Å². The summed E-state index contributed by atoms with van der Waals surface area (Å²) in [6.07, 6.45) is 3.53. The minimum absolute atomic E-state index is 0.0292. The number of para-hydroxylation sites is 1. The number of ether oxygens (including phenoxy) is 2. The first-order valence-electron chi connectivity index (χ1n) is 8.14. The average molecular weight is 382 g/mol. The van der Waals surface area contributed by atoms with Crippen LogP contribution in [0.1, 0.15) is 19.3 Å². The van der Waals surface area contributed by atoms with Gasteiger partial charge in [-0.15, -0.1) is 0 Å². The molecule has 1 aromatic carbocycles. The molecule has 1 aliphatic heterocycles. The van der Waals surface area contributed by atoms with Crippen LogP contribution in [0.25, 0.3) is 0 Å². The first-order chi connectivity index (χ1) is 12.4. The highest BCUT2D eigenvalue weighted by atomic mass is 32.2. The molecule has 2 rings (SSSR count). The third-order valence-corrected chi connectivity index (χ3v) is 5.91. The average Bonchev–Trinajstić information content (AvgIpc) is 2.67. The number of hydrogen-bond acceptors (Lipinski definition) is 7. The summed E-state index contributed by atoms with van der Waals surface area (Å²) in [5.41, 5.74) is -0.0423. The van der Waals surface area contributed by atoms with E-state index in [0.717, 1.165) is 32.4 Å². The Kier molecular flexibility index (Phi) is 6.76. The molecule has 0 aromatic heterocycles. The van der Waals surface area contributed by atoms with Gasteiger partial charge < -0.3 is 14.8 Å². The molecular weight excluding hydrogens is 360 g/mol. The van der Waals surface area contributed by atoms with E-state index in [4.69, 9.17) is 0 Å². The number of carbonyl (C=O) groups excluding carboxylic acids is 2. The van der Waals surface area contributed by atoms with Crippen LogP contribution in [0.5, 0.6) is 0 Å². The number of carbonyl (C=O) groups is 2. The second-order valence-corrected chi connectivity index (χ2v) is 7.57. The molecule has 0 amide bonds. The third-order valence-electron chi connectivity index (χ3n) is 3.96. The third kappa shape index (κ3) is 4.61. The van der Waals surface area contributed by atoms with E-state index in [0.29, 0.717) is 13.1 Å². The van der Waals surface area contributed by atoms with E-state index in [9.17, 15) is 18.0 Å². The highest BCUT2D eigenvalue weighted by molar-refractivity contribution is 7.89. The Labute approximate surface area is 152 Å². The molecule has 26 heavy (non-hydrogen) atoms. The van der Waals surface area contributed by atoms with Gasteiger partial charge in [-0.3, -0.25) is 0 Å². The van der Waals surface area contributed by atoms with Gasteiger partial charge in [-0.1, -0.05) is 18.6 Å². The summed E-state index contributed by atoms with van der Waals surface area (Å²) in [5.74, 6) is -1.59. The lowest BCUT2D eigenvalue weighted by Crippen LogP contribution is -2.36. The molecule has 1 heterocycles. The summed E-state index contributed by atoms with van der Waals surface area (Å²) in [5, 5.41) is 2.69. The fraction of sp³-hybridized carbons (Fsp3) is 0.412. The van der Waals surface area contributed by atoms with Crippen LogP contribution in [0.4, 0.5) is 5.69 Å². The number of benzene rings is 1. The van der Waals surface area contributed by atoms with Crippen molar-refractivity contribution in [2.24, 2.45) is 0 Å². The predicted octanol–water partition coefficient (Wildman–Crippen LogP) is 1.50. The number of nitrogens with zero attached hydrogens (tertiary/aromatic N) is 1. The molecule has 142 valence electrons. The smallest absolute Gasteiger partial charge is 0.354 e. The Morgan fingerprint density at radius 3 is 2.35 bits per heavy atom. The van der Waals surface area contributed by atoms with Crippen molar-refractivity contribution in [2.45, 2.75) is 24.2 Å². The maximum Gasteiger partial charge on any atom is 0.354 e. The molecule has 0 saturated carbocycles. The number of sulfonamides is 1. The van der Waals surface area contributed by atoms with Crippen molar-refractivity contribution in [2.75, 3.05) is 32.6 Å². The van der Waals surface area contributed by atoms with Gasteiger partial charge in [-0.05, 0) is 25.0 Å². The lowest BCUT2D eigenvalue weighted by molar-refractivity contribution is -0.138. The molecule has 0 atom stereocenters. The molecule has 1 N–H and O–H groups in total. The topological polar surface area (TPSA) is 102 Å². The fourth-order valence-electron chi connectivity index (χ4n) is 2.62. The monoisotopic (exact) mass is 382 g/mol. The molecule has 9 heteroatoms. The van der Waals surface area contributed by atoms with E-state index in [-0.39, 0.29) is 16.3 Å². The summed E-state index contributed by atoms with van der Waals surface area (Å²) >= 11 is 0. The zero-order valence-corrected chi connectivity index (χ0v) is 15.5. The lowest BCUT2D eigenvalue weighted by atomic mass is 10.2. The number of hydrogen-bond donors (Lipinski definition) is 1. The maximum atomic E-state index is 13.0. The molecule has 0 bridgehead atoms. The maximum absolute atomic E-state index is 13.0. The van der Waals surface area contributed by atoms with Crippen molar-refractivity contribution in [1.82, 2.24) is 4.31 Å². The molecule has 1 saturated heterocycles. The first kappa shape index (κ1) is 19.9. The molecule has 1 fully saturated rings. The van der Waals surface area contributed by atoms with Crippen LogP contribution in [-0.2, 0) is 29.1 Å². The summed E-state index contributed by atoms with van der Waals surface area (Å²) in [6, 6.07) is 6.21. The van der Waals surface area contributed by atoms with E-state index in [1.165, 1.54) is 23.5 Å². The Bertz CT molecular complexity index is 797. The number of methoxy groups -OCH3 is 2. The van der Waals surface area contributed by atoms with Gasteiger partial charge in [0.1, 0.15) is 10.6 Å². The van der Waals surface area contributed by atoms with E-state index in [2.05, 4.69) is 14.8 Å².